The minimum atomic E-state index is -0.318. The molecule has 0 bridgehead atoms. The zero-order chi connectivity index (χ0) is 21.1. The van der Waals surface area contributed by atoms with E-state index in [0.29, 0.717) is 23.1 Å². The molecular formula is C23H25FN4O. The molecule has 0 N–H and O–H groups in total. The van der Waals surface area contributed by atoms with Gasteiger partial charge in [-0.15, -0.1) is 6.42 Å². The Labute approximate surface area is 170 Å². The molecule has 29 heavy (non-hydrogen) atoms. The van der Waals surface area contributed by atoms with Gasteiger partial charge in [0.25, 0.3) is 5.91 Å². The number of nitrogens with zero attached hydrogens (tertiary/aromatic N) is 4. The Bertz CT molecular complexity index is 1060. The van der Waals surface area contributed by atoms with Gasteiger partial charge in [0, 0.05) is 18.3 Å². The number of halogens is 1. The van der Waals surface area contributed by atoms with Gasteiger partial charge in [0.05, 0.1) is 23.7 Å². The summed E-state index contributed by atoms with van der Waals surface area (Å²) in [5, 5.41) is 5.14. The fraction of sp³-hybridized carbons (Fsp3) is 0.348. The first-order chi connectivity index (χ1) is 13.8. The lowest BCUT2D eigenvalue weighted by Gasteiger charge is -2.21. The third kappa shape index (κ3) is 4.29. The van der Waals surface area contributed by atoms with Crippen LogP contribution in [0.25, 0.3) is 11.0 Å². The van der Waals surface area contributed by atoms with E-state index in [-0.39, 0.29) is 30.2 Å². The predicted molar refractivity (Wildman–Crippen MR) is 112 cm³/mol. The molecule has 1 aromatic carbocycles. The highest BCUT2D eigenvalue weighted by Gasteiger charge is 2.23. The van der Waals surface area contributed by atoms with Crippen LogP contribution in [-0.2, 0) is 6.54 Å². The second-order valence-corrected chi connectivity index (χ2v) is 7.66. The first kappa shape index (κ1) is 20.5. The van der Waals surface area contributed by atoms with Crippen molar-refractivity contribution in [1.29, 1.82) is 0 Å². The molecule has 2 aromatic heterocycles. The van der Waals surface area contributed by atoms with Gasteiger partial charge in [-0.1, -0.05) is 31.9 Å². The maximum Gasteiger partial charge on any atom is 0.255 e. The number of rotatable bonds is 6. The third-order valence-electron chi connectivity index (χ3n) is 4.75. The average molecular weight is 392 g/mol. The SMILES string of the molecule is C#CCN(Cc1ccc(F)cc1)C(=O)c1cc(C(C)C)nc2c1cnn2C(C)C. The highest BCUT2D eigenvalue weighted by Crippen LogP contribution is 2.26. The zero-order valence-electron chi connectivity index (χ0n) is 17.2. The quantitative estimate of drug-likeness (QED) is 0.578. The van der Waals surface area contributed by atoms with Crippen LogP contribution in [0.4, 0.5) is 4.39 Å². The molecule has 6 heteroatoms. The van der Waals surface area contributed by atoms with Gasteiger partial charge in [0.1, 0.15) is 5.82 Å². The van der Waals surface area contributed by atoms with Gasteiger partial charge < -0.3 is 4.90 Å². The molecule has 0 aliphatic rings. The van der Waals surface area contributed by atoms with Crippen molar-refractivity contribution in [2.75, 3.05) is 6.54 Å². The highest BCUT2D eigenvalue weighted by atomic mass is 19.1. The molecule has 0 atom stereocenters. The molecule has 3 aromatic rings. The molecule has 0 saturated carbocycles. The lowest BCUT2D eigenvalue weighted by Crippen LogP contribution is -2.31. The van der Waals surface area contributed by atoms with Crippen LogP contribution in [0.3, 0.4) is 0 Å². The molecule has 0 aliphatic carbocycles. The second kappa shape index (κ2) is 8.44. The Morgan fingerprint density at radius 3 is 2.52 bits per heavy atom. The van der Waals surface area contributed by atoms with Crippen LogP contribution in [0, 0.1) is 18.2 Å². The summed E-state index contributed by atoms with van der Waals surface area (Å²) in [6.07, 6.45) is 7.21. The Morgan fingerprint density at radius 2 is 1.93 bits per heavy atom. The lowest BCUT2D eigenvalue weighted by molar-refractivity contribution is 0.0767. The Morgan fingerprint density at radius 1 is 1.24 bits per heavy atom. The van der Waals surface area contributed by atoms with Crippen molar-refractivity contribution >= 4 is 16.9 Å². The number of hydrogen-bond donors (Lipinski definition) is 0. The van der Waals surface area contributed by atoms with Crippen molar-refractivity contribution in [3.05, 3.63) is 59.2 Å². The van der Waals surface area contributed by atoms with Crippen LogP contribution in [-0.4, -0.2) is 32.1 Å². The largest absolute Gasteiger partial charge is 0.323 e. The van der Waals surface area contributed by atoms with E-state index in [0.717, 1.165) is 11.3 Å². The van der Waals surface area contributed by atoms with Gasteiger partial charge in [-0.25, -0.2) is 14.1 Å². The zero-order valence-corrected chi connectivity index (χ0v) is 17.2. The smallest absolute Gasteiger partial charge is 0.255 e. The summed E-state index contributed by atoms with van der Waals surface area (Å²) in [6, 6.07) is 8.02. The molecule has 1 amide bonds. The maximum atomic E-state index is 13.5. The van der Waals surface area contributed by atoms with Crippen LogP contribution in [0.1, 0.15) is 61.3 Å². The summed E-state index contributed by atoms with van der Waals surface area (Å²) in [5.41, 5.74) is 2.85. The summed E-state index contributed by atoms with van der Waals surface area (Å²) in [4.78, 5) is 19.8. The van der Waals surface area contributed by atoms with Gasteiger partial charge in [-0.2, -0.15) is 5.10 Å². The van der Waals surface area contributed by atoms with Crippen molar-refractivity contribution in [2.45, 2.75) is 46.2 Å². The van der Waals surface area contributed by atoms with E-state index >= 15 is 0 Å². The summed E-state index contributed by atoms with van der Waals surface area (Å²) in [5.74, 6) is 2.20. The summed E-state index contributed by atoms with van der Waals surface area (Å²) in [7, 11) is 0. The van der Waals surface area contributed by atoms with Crippen LogP contribution < -0.4 is 0 Å². The fourth-order valence-corrected chi connectivity index (χ4v) is 3.18. The van der Waals surface area contributed by atoms with Crippen LogP contribution in [0.5, 0.6) is 0 Å². The monoisotopic (exact) mass is 392 g/mol. The molecule has 0 fully saturated rings. The average Bonchev–Trinajstić information content (AvgIpc) is 3.12. The van der Waals surface area contributed by atoms with Gasteiger partial charge >= 0.3 is 0 Å². The van der Waals surface area contributed by atoms with Crippen molar-refractivity contribution < 1.29 is 9.18 Å². The number of terminal acetylenes is 1. The second-order valence-electron chi connectivity index (χ2n) is 7.66. The van der Waals surface area contributed by atoms with E-state index in [1.807, 2.05) is 38.4 Å². The lowest BCUT2D eigenvalue weighted by atomic mass is 10.0. The minimum Gasteiger partial charge on any atom is -0.323 e. The number of hydrogen-bond acceptors (Lipinski definition) is 3. The Balaban J connectivity index is 2.07. The third-order valence-corrected chi connectivity index (χ3v) is 4.75. The first-order valence-electron chi connectivity index (χ1n) is 9.67. The van der Waals surface area contributed by atoms with Crippen molar-refractivity contribution in [1.82, 2.24) is 19.7 Å². The molecular weight excluding hydrogens is 367 g/mol. The molecule has 0 spiro atoms. The molecule has 2 heterocycles. The number of amides is 1. The Hall–Kier alpha value is -3.20. The van der Waals surface area contributed by atoms with Crippen LogP contribution >= 0.6 is 0 Å². The van der Waals surface area contributed by atoms with Gasteiger partial charge in [-0.3, -0.25) is 4.79 Å². The fourth-order valence-electron chi connectivity index (χ4n) is 3.18. The standard InChI is InChI=1S/C23H25FN4O/c1-6-11-27(14-17-7-9-18(24)10-8-17)23(29)19-12-21(15(2)3)26-22-20(19)13-25-28(22)16(4)5/h1,7-10,12-13,15-16H,11,14H2,2-5H3. The molecule has 0 unspecified atom stereocenters. The summed E-state index contributed by atoms with van der Waals surface area (Å²) < 4.78 is 15.1. The van der Waals surface area contributed by atoms with Crippen LogP contribution in [0.15, 0.2) is 36.5 Å². The molecule has 3 rings (SSSR count). The predicted octanol–water partition coefficient (Wildman–Crippen LogP) is 4.55. The molecule has 0 saturated heterocycles. The van der Waals surface area contributed by atoms with E-state index in [4.69, 9.17) is 11.4 Å². The van der Waals surface area contributed by atoms with Gasteiger partial charge in [-0.05, 0) is 43.5 Å². The normalized spacial score (nSPS) is 11.2. The summed E-state index contributed by atoms with van der Waals surface area (Å²) >= 11 is 0. The molecule has 0 aliphatic heterocycles. The van der Waals surface area contributed by atoms with E-state index < -0.39 is 0 Å². The van der Waals surface area contributed by atoms with Crippen molar-refractivity contribution in [2.24, 2.45) is 0 Å². The maximum absolute atomic E-state index is 13.5. The van der Waals surface area contributed by atoms with Gasteiger partial charge in [0.2, 0.25) is 0 Å². The van der Waals surface area contributed by atoms with Crippen LogP contribution in [0.2, 0.25) is 0 Å². The topological polar surface area (TPSA) is 51.0 Å². The molecule has 0 radical (unpaired) electrons. The number of benzene rings is 1. The molecule has 5 nitrogen and oxygen atoms in total. The number of aromatic nitrogens is 3. The number of fused-ring (bicyclic) bond motifs is 1. The van der Waals surface area contributed by atoms with E-state index in [1.165, 1.54) is 12.1 Å². The van der Waals surface area contributed by atoms with Crippen molar-refractivity contribution in [3.8, 4) is 12.3 Å². The minimum absolute atomic E-state index is 0.117. The number of pyridine rings is 1. The number of carbonyl (C=O) groups excluding carboxylic acids is 1. The van der Waals surface area contributed by atoms with E-state index in [2.05, 4.69) is 11.0 Å². The number of carbonyl (C=O) groups is 1. The summed E-state index contributed by atoms with van der Waals surface area (Å²) in [6.45, 7) is 8.57. The van der Waals surface area contributed by atoms with E-state index in [9.17, 15) is 9.18 Å². The van der Waals surface area contributed by atoms with E-state index in [1.54, 1.807) is 23.2 Å². The first-order valence-corrected chi connectivity index (χ1v) is 9.67. The van der Waals surface area contributed by atoms with Crippen molar-refractivity contribution in [3.63, 3.8) is 0 Å². The highest BCUT2D eigenvalue weighted by molar-refractivity contribution is 6.05. The molecule has 150 valence electrons. The van der Waals surface area contributed by atoms with Gasteiger partial charge in [0.15, 0.2) is 5.65 Å². The Kier molecular flexibility index (Phi) is 5.97.